The van der Waals surface area contributed by atoms with Crippen LogP contribution in [-0.2, 0) is 0 Å². The van der Waals surface area contributed by atoms with Crippen molar-refractivity contribution in [3.8, 4) is 0 Å². The molecule has 0 spiro atoms. The first-order valence-corrected chi connectivity index (χ1v) is 6.22. The van der Waals surface area contributed by atoms with Crippen LogP contribution >= 0.6 is 0 Å². The van der Waals surface area contributed by atoms with Gasteiger partial charge in [-0.2, -0.15) is 0 Å². The van der Waals surface area contributed by atoms with E-state index < -0.39 is 5.92 Å². The largest absolute Gasteiger partial charge is 0.316 e. The summed E-state index contributed by atoms with van der Waals surface area (Å²) in [4.78, 5) is 0. The van der Waals surface area contributed by atoms with E-state index in [1.165, 1.54) is 19.3 Å². The van der Waals surface area contributed by atoms with Gasteiger partial charge in [0.25, 0.3) is 0 Å². The molecule has 1 saturated carbocycles. The Labute approximate surface area is 91.6 Å². The Balaban J connectivity index is 1.99. The number of hydrogen-bond acceptors (Lipinski definition) is 1. The fourth-order valence-corrected chi connectivity index (χ4v) is 2.11. The summed E-state index contributed by atoms with van der Waals surface area (Å²) in [5, 5.41) is 3.37. The van der Waals surface area contributed by atoms with Crippen molar-refractivity contribution in [1.29, 1.82) is 0 Å². The Kier molecular flexibility index (Phi) is 5.51. The summed E-state index contributed by atoms with van der Waals surface area (Å²) in [6, 6.07) is 0. The standard InChI is InChI=1S/C12H23F2N/c1-2-3-4-9-15-10-11-5-7-12(13,14)8-6-11/h11,15H,2-10H2,1H3. The molecule has 1 nitrogen and oxygen atoms in total. The van der Waals surface area contributed by atoms with Crippen LogP contribution in [0.1, 0.15) is 51.9 Å². The smallest absolute Gasteiger partial charge is 0.248 e. The second-order valence-corrected chi connectivity index (χ2v) is 4.71. The molecular formula is C12H23F2N. The van der Waals surface area contributed by atoms with E-state index in [2.05, 4.69) is 12.2 Å². The minimum atomic E-state index is -2.38. The average molecular weight is 219 g/mol. The van der Waals surface area contributed by atoms with Gasteiger partial charge in [0.05, 0.1) is 0 Å². The first kappa shape index (κ1) is 12.9. The molecular weight excluding hydrogens is 196 g/mol. The molecule has 1 rings (SSSR count). The summed E-state index contributed by atoms with van der Waals surface area (Å²) in [5.41, 5.74) is 0. The molecule has 0 aromatic carbocycles. The predicted octanol–water partition coefficient (Wildman–Crippen LogP) is 3.59. The zero-order valence-electron chi connectivity index (χ0n) is 9.70. The molecule has 0 bridgehead atoms. The molecule has 0 saturated heterocycles. The zero-order valence-corrected chi connectivity index (χ0v) is 9.70. The van der Waals surface area contributed by atoms with Crippen molar-refractivity contribution >= 4 is 0 Å². The molecule has 1 N–H and O–H groups in total. The van der Waals surface area contributed by atoms with E-state index in [0.717, 1.165) is 13.1 Å². The van der Waals surface area contributed by atoms with Gasteiger partial charge in [0.15, 0.2) is 0 Å². The topological polar surface area (TPSA) is 12.0 Å². The maximum Gasteiger partial charge on any atom is 0.248 e. The Morgan fingerprint density at radius 2 is 1.87 bits per heavy atom. The van der Waals surface area contributed by atoms with Crippen molar-refractivity contribution in [3.63, 3.8) is 0 Å². The van der Waals surface area contributed by atoms with E-state index in [1.807, 2.05) is 0 Å². The van der Waals surface area contributed by atoms with Gasteiger partial charge in [-0.15, -0.1) is 0 Å². The lowest BCUT2D eigenvalue weighted by Crippen LogP contribution is -2.31. The lowest BCUT2D eigenvalue weighted by atomic mass is 9.87. The highest BCUT2D eigenvalue weighted by Crippen LogP contribution is 2.35. The third-order valence-electron chi connectivity index (χ3n) is 3.23. The summed E-state index contributed by atoms with van der Waals surface area (Å²) >= 11 is 0. The SMILES string of the molecule is CCCCCNCC1CCC(F)(F)CC1. The number of rotatable bonds is 6. The Morgan fingerprint density at radius 1 is 1.20 bits per heavy atom. The molecule has 1 aliphatic carbocycles. The number of unbranched alkanes of at least 4 members (excludes halogenated alkanes) is 2. The Bertz CT molecular complexity index is 161. The maximum absolute atomic E-state index is 12.8. The molecule has 0 aromatic heterocycles. The van der Waals surface area contributed by atoms with Gasteiger partial charge in [-0.3, -0.25) is 0 Å². The third-order valence-corrected chi connectivity index (χ3v) is 3.23. The number of nitrogens with one attached hydrogen (secondary N) is 1. The molecule has 0 atom stereocenters. The Hall–Kier alpha value is -0.180. The highest BCUT2D eigenvalue weighted by Gasteiger charge is 2.34. The summed E-state index contributed by atoms with van der Waals surface area (Å²) in [6.45, 7) is 4.16. The van der Waals surface area contributed by atoms with Crippen molar-refractivity contribution in [1.82, 2.24) is 5.32 Å². The molecule has 15 heavy (non-hydrogen) atoms. The fourth-order valence-electron chi connectivity index (χ4n) is 2.11. The van der Waals surface area contributed by atoms with Crippen LogP contribution in [0.5, 0.6) is 0 Å². The molecule has 1 aliphatic rings. The van der Waals surface area contributed by atoms with Crippen LogP contribution in [0, 0.1) is 5.92 Å². The van der Waals surface area contributed by atoms with E-state index in [-0.39, 0.29) is 12.8 Å². The summed E-state index contributed by atoms with van der Waals surface area (Å²) in [5.74, 6) is -1.90. The lowest BCUT2D eigenvalue weighted by molar-refractivity contribution is -0.0454. The summed E-state index contributed by atoms with van der Waals surface area (Å²) in [7, 11) is 0. The van der Waals surface area contributed by atoms with Gasteiger partial charge in [0, 0.05) is 12.8 Å². The monoisotopic (exact) mass is 219 g/mol. The average Bonchev–Trinajstić information content (AvgIpc) is 2.20. The van der Waals surface area contributed by atoms with Gasteiger partial charge in [0.2, 0.25) is 5.92 Å². The van der Waals surface area contributed by atoms with Gasteiger partial charge >= 0.3 is 0 Å². The minimum absolute atomic E-state index is 0.0916. The van der Waals surface area contributed by atoms with Gasteiger partial charge < -0.3 is 5.32 Å². The summed E-state index contributed by atoms with van der Waals surface area (Å²) in [6.07, 6.45) is 5.26. The molecule has 1 fully saturated rings. The predicted molar refractivity (Wildman–Crippen MR) is 59.3 cm³/mol. The highest BCUT2D eigenvalue weighted by atomic mass is 19.3. The van der Waals surface area contributed by atoms with Crippen LogP contribution in [0.15, 0.2) is 0 Å². The van der Waals surface area contributed by atoms with E-state index in [9.17, 15) is 8.78 Å². The number of halogens is 2. The van der Waals surface area contributed by atoms with Crippen molar-refractivity contribution in [2.45, 2.75) is 57.8 Å². The van der Waals surface area contributed by atoms with Crippen molar-refractivity contribution in [3.05, 3.63) is 0 Å². The first-order valence-electron chi connectivity index (χ1n) is 6.22. The van der Waals surface area contributed by atoms with Crippen LogP contribution in [0.4, 0.5) is 8.78 Å². The molecule has 0 aromatic rings. The molecule has 0 amide bonds. The molecule has 3 heteroatoms. The Morgan fingerprint density at radius 3 is 2.47 bits per heavy atom. The van der Waals surface area contributed by atoms with Crippen LogP contribution in [0.3, 0.4) is 0 Å². The normalized spacial score (nSPS) is 21.8. The van der Waals surface area contributed by atoms with Gasteiger partial charge in [-0.1, -0.05) is 19.8 Å². The fraction of sp³-hybridized carbons (Fsp3) is 1.00. The zero-order chi connectivity index (χ0) is 11.1. The summed E-state index contributed by atoms with van der Waals surface area (Å²) < 4.78 is 25.7. The quantitative estimate of drug-likeness (QED) is 0.673. The molecule has 90 valence electrons. The first-order chi connectivity index (χ1) is 7.14. The van der Waals surface area contributed by atoms with E-state index >= 15 is 0 Å². The van der Waals surface area contributed by atoms with Crippen LogP contribution in [0.2, 0.25) is 0 Å². The van der Waals surface area contributed by atoms with Gasteiger partial charge in [-0.05, 0) is 38.3 Å². The van der Waals surface area contributed by atoms with Crippen LogP contribution < -0.4 is 5.32 Å². The van der Waals surface area contributed by atoms with Crippen molar-refractivity contribution in [2.24, 2.45) is 5.92 Å². The second-order valence-electron chi connectivity index (χ2n) is 4.71. The van der Waals surface area contributed by atoms with Gasteiger partial charge in [-0.25, -0.2) is 8.78 Å². The third kappa shape index (κ3) is 5.45. The van der Waals surface area contributed by atoms with Crippen LogP contribution in [0.25, 0.3) is 0 Å². The lowest BCUT2D eigenvalue weighted by Gasteiger charge is -2.28. The van der Waals surface area contributed by atoms with Gasteiger partial charge in [0.1, 0.15) is 0 Å². The molecule has 0 aliphatic heterocycles. The van der Waals surface area contributed by atoms with Crippen molar-refractivity contribution in [2.75, 3.05) is 13.1 Å². The maximum atomic E-state index is 12.8. The molecule has 0 unspecified atom stereocenters. The van der Waals surface area contributed by atoms with E-state index in [1.54, 1.807) is 0 Å². The second kappa shape index (κ2) is 6.41. The van der Waals surface area contributed by atoms with Crippen LogP contribution in [-0.4, -0.2) is 19.0 Å². The van der Waals surface area contributed by atoms with Crippen molar-refractivity contribution < 1.29 is 8.78 Å². The number of hydrogen-bond donors (Lipinski definition) is 1. The highest BCUT2D eigenvalue weighted by molar-refractivity contribution is 4.78. The van der Waals surface area contributed by atoms with E-state index in [0.29, 0.717) is 18.8 Å². The molecule has 0 heterocycles. The van der Waals surface area contributed by atoms with E-state index in [4.69, 9.17) is 0 Å². The molecule has 0 radical (unpaired) electrons. The number of alkyl halides is 2. The minimum Gasteiger partial charge on any atom is -0.316 e.